The average Bonchev–Trinajstić information content (AvgIpc) is 2.35. The Hall–Kier alpha value is -1.23. The quantitative estimate of drug-likeness (QED) is 0.873. The van der Waals surface area contributed by atoms with E-state index in [1.165, 1.54) is 23.9 Å². The van der Waals surface area contributed by atoms with Gasteiger partial charge in [0.2, 0.25) is 5.91 Å². The molecule has 0 spiro atoms. The number of hydrogen-bond acceptors (Lipinski definition) is 3. The number of amides is 1. The molecule has 0 aliphatic heterocycles. The summed E-state index contributed by atoms with van der Waals surface area (Å²) in [7, 11) is 1.55. The van der Waals surface area contributed by atoms with E-state index in [4.69, 9.17) is 4.74 Å². The fourth-order valence-corrected chi connectivity index (χ4v) is 2.43. The van der Waals surface area contributed by atoms with Crippen LogP contribution in [0, 0.1) is 5.82 Å². The number of nitrogens with one attached hydrogen (secondary N) is 1. The number of carbonyl (C=O) groups excluding carboxylic acids is 1. The van der Waals surface area contributed by atoms with Crippen LogP contribution in [-0.2, 0) is 10.5 Å². The van der Waals surface area contributed by atoms with Crippen LogP contribution in [-0.4, -0.2) is 24.3 Å². The highest BCUT2D eigenvalue weighted by molar-refractivity contribution is 7.99. The zero-order valence-electron chi connectivity index (χ0n) is 11.7. The lowest BCUT2D eigenvalue weighted by Crippen LogP contribution is -2.35. The maximum atomic E-state index is 13.2. The molecule has 1 unspecified atom stereocenters. The average molecular weight is 285 g/mol. The Kier molecular flexibility index (Phi) is 6.15. The normalized spacial score (nSPS) is 12.3. The molecule has 0 saturated heterocycles. The lowest BCUT2D eigenvalue weighted by Gasteiger charge is -2.15. The molecular weight excluding hydrogens is 265 g/mol. The third-order valence-electron chi connectivity index (χ3n) is 2.53. The molecule has 0 bridgehead atoms. The minimum atomic E-state index is -0.296. The third-order valence-corrected chi connectivity index (χ3v) is 3.72. The predicted molar refractivity (Wildman–Crippen MR) is 77.0 cm³/mol. The number of thioether (sulfide) groups is 1. The van der Waals surface area contributed by atoms with Crippen molar-refractivity contribution in [3.8, 4) is 5.75 Å². The number of carbonyl (C=O) groups is 1. The van der Waals surface area contributed by atoms with Gasteiger partial charge in [0.15, 0.2) is 0 Å². The van der Waals surface area contributed by atoms with E-state index in [1.54, 1.807) is 13.2 Å². The molecule has 1 aromatic carbocycles. The summed E-state index contributed by atoms with van der Waals surface area (Å²) in [6, 6.07) is 4.53. The van der Waals surface area contributed by atoms with E-state index in [9.17, 15) is 9.18 Å². The van der Waals surface area contributed by atoms with Crippen LogP contribution in [0.2, 0.25) is 0 Å². The van der Waals surface area contributed by atoms with Gasteiger partial charge >= 0.3 is 0 Å². The van der Waals surface area contributed by atoms with Gasteiger partial charge in [-0.2, -0.15) is 0 Å². The Morgan fingerprint density at radius 2 is 2.11 bits per heavy atom. The van der Waals surface area contributed by atoms with Crippen LogP contribution in [0.4, 0.5) is 4.39 Å². The van der Waals surface area contributed by atoms with E-state index < -0.39 is 0 Å². The summed E-state index contributed by atoms with van der Waals surface area (Å²) in [5.41, 5.74) is 0.761. The van der Waals surface area contributed by atoms with Crippen LogP contribution in [0.5, 0.6) is 5.75 Å². The van der Waals surface area contributed by atoms with Gasteiger partial charge in [0.25, 0.3) is 0 Å². The van der Waals surface area contributed by atoms with Crippen LogP contribution in [0.3, 0.4) is 0 Å². The van der Waals surface area contributed by atoms with E-state index >= 15 is 0 Å². The first-order valence-electron chi connectivity index (χ1n) is 6.18. The highest BCUT2D eigenvalue weighted by Crippen LogP contribution is 2.26. The first-order valence-corrected chi connectivity index (χ1v) is 7.23. The Morgan fingerprint density at radius 1 is 1.42 bits per heavy atom. The van der Waals surface area contributed by atoms with Crippen molar-refractivity contribution in [3.63, 3.8) is 0 Å². The molecule has 19 heavy (non-hydrogen) atoms. The maximum Gasteiger partial charge on any atom is 0.233 e. The Labute approximate surface area is 117 Å². The van der Waals surface area contributed by atoms with Crippen LogP contribution in [0.1, 0.15) is 26.3 Å². The highest BCUT2D eigenvalue weighted by atomic mass is 32.2. The van der Waals surface area contributed by atoms with Gasteiger partial charge in [-0.15, -0.1) is 11.8 Å². The second-order valence-corrected chi connectivity index (χ2v) is 5.90. The molecule has 0 aliphatic carbocycles. The summed E-state index contributed by atoms with van der Waals surface area (Å²) in [5.74, 6) is 0.879. The van der Waals surface area contributed by atoms with Gasteiger partial charge in [-0.05, 0) is 39.0 Å². The fourth-order valence-electron chi connectivity index (χ4n) is 1.55. The molecule has 5 heteroatoms. The number of benzene rings is 1. The van der Waals surface area contributed by atoms with Gasteiger partial charge in [0.05, 0.1) is 12.4 Å². The Balaban J connectivity index is 2.61. The number of rotatable bonds is 6. The second-order valence-electron chi connectivity index (χ2n) is 4.57. The van der Waals surface area contributed by atoms with Crippen molar-refractivity contribution >= 4 is 17.7 Å². The summed E-state index contributed by atoms with van der Waals surface area (Å²) in [6.45, 7) is 5.68. The smallest absolute Gasteiger partial charge is 0.233 e. The summed E-state index contributed by atoms with van der Waals surface area (Å²) in [4.78, 5) is 11.8. The van der Waals surface area contributed by atoms with Crippen LogP contribution in [0.25, 0.3) is 0 Å². The van der Waals surface area contributed by atoms with Crippen molar-refractivity contribution in [1.82, 2.24) is 5.32 Å². The van der Waals surface area contributed by atoms with Gasteiger partial charge in [-0.1, -0.05) is 0 Å². The summed E-state index contributed by atoms with van der Waals surface area (Å²) >= 11 is 1.46. The molecule has 1 rings (SSSR count). The van der Waals surface area contributed by atoms with Crippen LogP contribution in [0.15, 0.2) is 18.2 Å². The molecule has 0 aliphatic rings. The molecular formula is C14H20FNO2S. The maximum absolute atomic E-state index is 13.2. The van der Waals surface area contributed by atoms with Gasteiger partial charge in [0, 0.05) is 17.4 Å². The number of methoxy groups -OCH3 is 1. The molecule has 1 aromatic rings. The Bertz CT molecular complexity index is 437. The third kappa shape index (κ3) is 5.11. The van der Waals surface area contributed by atoms with E-state index in [2.05, 4.69) is 5.32 Å². The zero-order valence-corrected chi connectivity index (χ0v) is 12.5. The van der Waals surface area contributed by atoms with Gasteiger partial charge in [0.1, 0.15) is 11.6 Å². The minimum Gasteiger partial charge on any atom is -0.496 e. The van der Waals surface area contributed by atoms with Crippen molar-refractivity contribution in [2.24, 2.45) is 0 Å². The molecule has 0 heterocycles. The standard InChI is InChI=1S/C14H20FNO2S/c1-9(2)16-14(17)10(3)19-8-11-7-12(15)5-6-13(11)18-4/h5-7,9-10H,8H2,1-4H3,(H,16,17). The first kappa shape index (κ1) is 15.8. The van der Waals surface area contributed by atoms with Crippen LogP contribution < -0.4 is 10.1 Å². The molecule has 0 saturated carbocycles. The zero-order chi connectivity index (χ0) is 14.4. The lowest BCUT2D eigenvalue weighted by molar-refractivity contribution is -0.120. The SMILES string of the molecule is COc1ccc(F)cc1CSC(C)C(=O)NC(C)C. The topological polar surface area (TPSA) is 38.3 Å². The molecule has 1 amide bonds. The predicted octanol–water partition coefficient (Wildman–Crippen LogP) is 2.98. The van der Waals surface area contributed by atoms with Gasteiger partial charge < -0.3 is 10.1 Å². The molecule has 0 fully saturated rings. The molecule has 3 nitrogen and oxygen atoms in total. The van der Waals surface area contributed by atoms with Crippen molar-refractivity contribution in [2.75, 3.05) is 7.11 Å². The molecule has 1 atom stereocenters. The van der Waals surface area contributed by atoms with E-state index in [-0.39, 0.29) is 23.0 Å². The summed E-state index contributed by atoms with van der Waals surface area (Å²) in [6.07, 6.45) is 0. The monoisotopic (exact) mass is 285 g/mol. The highest BCUT2D eigenvalue weighted by Gasteiger charge is 2.15. The molecule has 1 N–H and O–H groups in total. The summed E-state index contributed by atoms with van der Waals surface area (Å²) in [5, 5.41) is 2.67. The molecule has 0 aromatic heterocycles. The molecule has 0 radical (unpaired) electrons. The second kappa shape index (κ2) is 7.38. The van der Waals surface area contributed by atoms with Crippen molar-refractivity contribution in [3.05, 3.63) is 29.6 Å². The fraction of sp³-hybridized carbons (Fsp3) is 0.500. The van der Waals surface area contributed by atoms with E-state index in [0.717, 1.165) is 5.56 Å². The van der Waals surface area contributed by atoms with Crippen molar-refractivity contribution in [1.29, 1.82) is 0 Å². The largest absolute Gasteiger partial charge is 0.496 e. The van der Waals surface area contributed by atoms with Gasteiger partial charge in [-0.25, -0.2) is 4.39 Å². The minimum absolute atomic E-state index is 0.00429. The molecule has 106 valence electrons. The van der Waals surface area contributed by atoms with Crippen LogP contribution >= 0.6 is 11.8 Å². The van der Waals surface area contributed by atoms with E-state index in [0.29, 0.717) is 11.5 Å². The Morgan fingerprint density at radius 3 is 2.68 bits per heavy atom. The number of hydrogen-bond donors (Lipinski definition) is 1. The van der Waals surface area contributed by atoms with Crippen molar-refractivity contribution in [2.45, 2.75) is 37.8 Å². The van der Waals surface area contributed by atoms with E-state index in [1.807, 2.05) is 20.8 Å². The van der Waals surface area contributed by atoms with Crippen molar-refractivity contribution < 1.29 is 13.9 Å². The van der Waals surface area contributed by atoms with Gasteiger partial charge in [-0.3, -0.25) is 4.79 Å². The first-order chi connectivity index (χ1) is 8.93. The summed E-state index contributed by atoms with van der Waals surface area (Å²) < 4.78 is 18.4. The number of halogens is 1. The number of ether oxygens (including phenoxy) is 1. The lowest BCUT2D eigenvalue weighted by atomic mass is 10.2.